The number of hydrogen-bond acceptors (Lipinski definition) is 3. The maximum Gasteiger partial charge on any atom is 0.322 e. The van der Waals surface area contributed by atoms with Gasteiger partial charge in [0.1, 0.15) is 6.54 Å². The van der Waals surface area contributed by atoms with Crippen LogP contribution in [0.5, 0.6) is 0 Å². The van der Waals surface area contributed by atoms with Crippen LogP contribution in [0, 0.1) is 5.41 Å². The largest absolute Gasteiger partial charge is 0.480 e. The summed E-state index contributed by atoms with van der Waals surface area (Å²) in [6, 6.07) is 0. The minimum absolute atomic E-state index is 0.189. The Morgan fingerprint density at radius 2 is 1.82 bits per heavy atom. The first-order chi connectivity index (χ1) is 7.92. The van der Waals surface area contributed by atoms with Gasteiger partial charge in [0.05, 0.1) is 5.41 Å². The average Bonchev–Trinajstić information content (AvgIpc) is 2.26. The average molecular weight is 242 g/mol. The number of rotatable bonds is 5. The quantitative estimate of drug-likeness (QED) is 0.744. The van der Waals surface area contributed by atoms with Crippen LogP contribution in [0.2, 0.25) is 0 Å². The van der Waals surface area contributed by atoms with Crippen molar-refractivity contribution < 1.29 is 14.7 Å². The van der Waals surface area contributed by atoms with Crippen LogP contribution < -0.4 is 5.32 Å². The van der Waals surface area contributed by atoms with Gasteiger partial charge in [-0.25, -0.2) is 0 Å². The number of amides is 1. The van der Waals surface area contributed by atoms with E-state index in [2.05, 4.69) is 10.2 Å². The molecule has 0 bridgehead atoms. The number of likely N-dealkylation sites (tertiary alicyclic amines) is 1. The van der Waals surface area contributed by atoms with Gasteiger partial charge in [-0.3, -0.25) is 9.59 Å². The first-order valence-corrected chi connectivity index (χ1v) is 6.14. The summed E-state index contributed by atoms with van der Waals surface area (Å²) in [5.74, 6) is -1.20. The molecule has 0 aromatic heterocycles. The van der Waals surface area contributed by atoms with Gasteiger partial charge in [-0.2, -0.15) is 0 Å². The van der Waals surface area contributed by atoms with Gasteiger partial charge >= 0.3 is 5.97 Å². The third kappa shape index (κ3) is 4.73. The molecular formula is C12H22N2O3. The first-order valence-electron chi connectivity index (χ1n) is 6.14. The van der Waals surface area contributed by atoms with E-state index in [1.54, 1.807) is 0 Å². The zero-order valence-corrected chi connectivity index (χ0v) is 10.7. The number of nitrogens with zero attached hydrogens (tertiary/aromatic N) is 1. The van der Waals surface area contributed by atoms with Crippen molar-refractivity contribution in [2.75, 3.05) is 26.2 Å². The lowest BCUT2D eigenvalue weighted by atomic mass is 9.90. The summed E-state index contributed by atoms with van der Waals surface area (Å²) < 4.78 is 0. The van der Waals surface area contributed by atoms with Crippen LogP contribution in [0.1, 0.15) is 33.1 Å². The fourth-order valence-electron chi connectivity index (χ4n) is 2.14. The normalized spacial score (nSPS) is 17.8. The second-order valence-electron chi connectivity index (χ2n) is 5.30. The molecular weight excluding hydrogens is 220 g/mol. The lowest BCUT2D eigenvalue weighted by molar-refractivity contribution is -0.139. The molecule has 1 saturated heterocycles. The van der Waals surface area contributed by atoms with Crippen molar-refractivity contribution in [2.45, 2.75) is 33.1 Å². The predicted octanol–water partition coefficient (Wildman–Crippen LogP) is 0.699. The summed E-state index contributed by atoms with van der Waals surface area (Å²) in [6.45, 7) is 6.18. The molecule has 1 amide bonds. The summed E-state index contributed by atoms with van der Waals surface area (Å²) in [5.41, 5.74) is -0.535. The smallest absolute Gasteiger partial charge is 0.322 e. The molecule has 5 nitrogen and oxygen atoms in total. The van der Waals surface area contributed by atoms with Crippen molar-refractivity contribution in [3.63, 3.8) is 0 Å². The highest BCUT2D eigenvalue weighted by atomic mass is 16.4. The van der Waals surface area contributed by atoms with Gasteiger partial charge in [-0.05, 0) is 39.8 Å². The Bertz CT molecular complexity index is 283. The fourth-order valence-corrected chi connectivity index (χ4v) is 2.14. The molecule has 0 aromatic carbocycles. The second kappa shape index (κ2) is 6.00. The molecule has 0 saturated carbocycles. The molecule has 1 fully saturated rings. The molecule has 2 N–H and O–H groups in total. The van der Waals surface area contributed by atoms with Gasteiger partial charge in [-0.1, -0.05) is 6.42 Å². The lowest BCUT2D eigenvalue weighted by Gasteiger charge is -2.33. The number of carbonyl (C=O) groups excluding carboxylic acids is 1. The van der Waals surface area contributed by atoms with E-state index in [0.29, 0.717) is 6.54 Å². The van der Waals surface area contributed by atoms with Crippen LogP contribution in [0.3, 0.4) is 0 Å². The van der Waals surface area contributed by atoms with E-state index in [9.17, 15) is 9.59 Å². The maximum atomic E-state index is 11.8. The van der Waals surface area contributed by atoms with Gasteiger partial charge < -0.3 is 15.3 Å². The zero-order chi connectivity index (χ0) is 12.9. The van der Waals surface area contributed by atoms with Crippen LogP contribution >= 0.6 is 0 Å². The van der Waals surface area contributed by atoms with Crippen molar-refractivity contribution >= 4 is 11.9 Å². The van der Waals surface area contributed by atoms with Crippen LogP contribution in [-0.2, 0) is 9.59 Å². The van der Waals surface area contributed by atoms with E-state index < -0.39 is 11.4 Å². The van der Waals surface area contributed by atoms with Crippen molar-refractivity contribution in [1.29, 1.82) is 0 Å². The summed E-state index contributed by atoms with van der Waals surface area (Å²) in [6.07, 6.45) is 3.64. The number of aliphatic carboxylic acids is 1. The predicted molar refractivity (Wildman–Crippen MR) is 64.7 cm³/mol. The van der Waals surface area contributed by atoms with E-state index in [-0.39, 0.29) is 12.5 Å². The highest BCUT2D eigenvalue weighted by Crippen LogP contribution is 2.20. The van der Waals surface area contributed by atoms with E-state index in [1.807, 2.05) is 13.8 Å². The van der Waals surface area contributed by atoms with E-state index >= 15 is 0 Å². The topological polar surface area (TPSA) is 69.6 Å². The number of carboxylic acids is 1. The SMILES string of the molecule is CC(C)(CN1CCCCC1)C(=O)NCC(=O)O. The van der Waals surface area contributed by atoms with Gasteiger partial charge in [0.15, 0.2) is 0 Å². The molecule has 0 aromatic rings. The molecule has 98 valence electrons. The Balaban J connectivity index is 2.42. The highest BCUT2D eigenvalue weighted by molar-refractivity contribution is 5.85. The monoisotopic (exact) mass is 242 g/mol. The van der Waals surface area contributed by atoms with E-state index in [4.69, 9.17) is 5.11 Å². The Morgan fingerprint density at radius 1 is 1.24 bits per heavy atom. The molecule has 5 heteroatoms. The summed E-state index contributed by atoms with van der Waals surface area (Å²) in [7, 11) is 0. The van der Waals surface area contributed by atoms with Gasteiger partial charge in [-0.15, -0.1) is 0 Å². The Kier molecular flexibility index (Phi) is 4.93. The van der Waals surface area contributed by atoms with Crippen LogP contribution in [0.25, 0.3) is 0 Å². The summed E-state index contributed by atoms with van der Waals surface area (Å²) in [5, 5.41) is 11.0. The van der Waals surface area contributed by atoms with Crippen LogP contribution in [-0.4, -0.2) is 48.1 Å². The molecule has 0 spiro atoms. The van der Waals surface area contributed by atoms with Crippen molar-refractivity contribution in [3.05, 3.63) is 0 Å². The minimum atomic E-state index is -1.01. The number of hydrogen-bond donors (Lipinski definition) is 2. The number of carboxylic acid groups (broad SMARTS) is 1. The van der Waals surface area contributed by atoms with Crippen LogP contribution in [0.4, 0.5) is 0 Å². The summed E-state index contributed by atoms with van der Waals surface area (Å²) >= 11 is 0. The first kappa shape index (κ1) is 14.0. The molecule has 1 aliphatic rings. The van der Waals surface area contributed by atoms with Gasteiger partial charge in [0.25, 0.3) is 0 Å². The zero-order valence-electron chi connectivity index (χ0n) is 10.7. The molecule has 1 aliphatic heterocycles. The van der Waals surface area contributed by atoms with Gasteiger partial charge in [0.2, 0.25) is 5.91 Å². The lowest BCUT2D eigenvalue weighted by Crippen LogP contribution is -2.47. The molecule has 0 atom stereocenters. The molecule has 1 rings (SSSR count). The van der Waals surface area contributed by atoms with E-state index in [1.165, 1.54) is 19.3 Å². The Morgan fingerprint density at radius 3 is 2.35 bits per heavy atom. The third-order valence-corrected chi connectivity index (χ3v) is 3.08. The molecule has 1 heterocycles. The molecule has 0 radical (unpaired) electrons. The van der Waals surface area contributed by atoms with Crippen molar-refractivity contribution in [2.24, 2.45) is 5.41 Å². The Labute approximate surface area is 102 Å². The Hall–Kier alpha value is -1.10. The molecule has 17 heavy (non-hydrogen) atoms. The molecule has 0 unspecified atom stereocenters. The maximum absolute atomic E-state index is 11.8. The standard InChI is InChI=1S/C12H22N2O3/c1-12(2,11(17)13-8-10(15)16)9-14-6-4-3-5-7-14/h3-9H2,1-2H3,(H,13,17)(H,15,16). The highest BCUT2D eigenvalue weighted by Gasteiger charge is 2.30. The molecule has 0 aliphatic carbocycles. The second-order valence-corrected chi connectivity index (χ2v) is 5.30. The summed E-state index contributed by atoms with van der Waals surface area (Å²) in [4.78, 5) is 24.5. The van der Waals surface area contributed by atoms with E-state index in [0.717, 1.165) is 13.1 Å². The number of piperidine rings is 1. The fraction of sp³-hybridized carbons (Fsp3) is 0.833. The third-order valence-electron chi connectivity index (χ3n) is 3.08. The van der Waals surface area contributed by atoms with Crippen LogP contribution in [0.15, 0.2) is 0 Å². The minimum Gasteiger partial charge on any atom is -0.480 e. The van der Waals surface area contributed by atoms with Crippen molar-refractivity contribution in [3.8, 4) is 0 Å². The van der Waals surface area contributed by atoms with Gasteiger partial charge in [0, 0.05) is 6.54 Å². The number of carbonyl (C=O) groups is 2. The van der Waals surface area contributed by atoms with Crippen molar-refractivity contribution in [1.82, 2.24) is 10.2 Å². The number of nitrogens with one attached hydrogen (secondary N) is 1.